The fourth-order valence-electron chi connectivity index (χ4n) is 1.82. The van der Waals surface area contributed by atoms with Crippen molar-refractivity contribution in [1.82, 2.24) is 0 Å². The maximum Gasteiger partial charge on any atom is 0.303 e. The number of hydrogen-bond donors (Lipinski definition) is 1. The van der Waals surface area contributed by atoms with E-state index in [-0.39, 0.29) is 0 Å². The predicted octanol–water partition coefficient (Wildman–Crippen LogP) is 2.92. The summed E-state index contributed by atoms with van der Waals surface area (Å²) in [6.07, 6.45) is 3.52. The Morgan fingerprint density at radius 1 is 1.08 bits per heavy atom. The van der Waals surface area contributed by atoms with Crippen LogP contribution < -0.4 is 0 Å². The average molecular weight is 172 g/mol. The molecule has 2 heteroatoms. The van der Waals surface area contributed by atoms with Crippen LogP contribution in [0.25, 0.3) is 0 Å². The quantitative estimate of drug-likeness (QED) is 0.668. The van der Waals surface area contributed by atoms with Crippen LogP contribution in [0, 0.1) is 11.8 Å². The molecule has 1 atom stereocenters. The van der Waals surface area contributed by atoms with Crippen molar-refractivity contribution in [3.8, 4) is 0 Å². The lowest BCUT2D eigenvalue weighted by Gasteiger charge is -2.21. The zero-order chi connectivity index (χ0) is 9.56. The maximum atomic E-state index is 10.5. The molecule has 12 heavy (non-hydrogen) atoms. The van der Waals surface area contributed by atoms with Crippen LogP contribution in [0.3, 0.4) is 0 Å². The van der Waals surface area contributed by atoms with E-state index >= 15 is 0 Å². The SMILES string of the molecule is CCC(CC)C(CC)CC(=O)O. The van der Waals surface area contributed by atoms with Gasteiger partial charge >= 0.3 is 5.97 Å². The molecule has 0 heterocycles. The first-order valence-electron chi connectivity index (χ1n) is 4.87. The molecule has 0 aliphatic heterocycles. The van der Waals surface area contributed by atoms with E-state index in [2.05, 4.69) is 20.8 Å². The fraction of sp³-hybridized carbons (Fsp3) is 0.900. The first-order valence-corrected chi connectivity index (χ1v) is 4.87. The largest absolute Gasteiger partial charge is 0.481 e. The normalized spacial score (nSPS) is 13.3. The highest BCUT2D eigenvalue weighted by molar-refractivity contribution is 5.67. The molecule has 0 amide bonds. The minimum absolute atomic E-state index is 0.336. The van der Waals surface area contributed by atoms with Crippen LogP contribution in [0.1, 0.15) is 46.5 Å². The molecule has 0 fully saturated rings. The molecule has 0 aromatic heterocycles. The van der Waals surface area contributed by atoms with Gasteiger partial charge in [-0.2, -0.15) is 0 Å². The van der Waals surface area contributed by atoms with E-state index in [1.807, 2.05) is 0 Å². The Labute approximate surface area is 75.0 Å². The Bertz CT molecular complexity index is 128. The average Bonchev–Trinajstić information content (AvgIpc) is 2.04. The van der Waals surface area contributed by atoms with E-state index in [9.17, 15) is 4.79 Å². The lowest BCUT2D eigenvalue weighted by molar-refractivity contribution is -0.138. The van der Waals surface area contributed by atoms with E-state index < -0.39 is 5.97 Å². The lowest BCUT2D eigenvalue weighted by Crippen LogP contribution is -2.16. The van der Waals surface area contributed by atoms with Crippen LogP contribution in [0.5, 0.6) is 0 Å². The summed E-state index contributed by atoms with van der Waals surface area (Å²) >= 11 is 0. The highest BCUT2D eigenvalue weighted by Gasteiger charge is 2.18. The van der Waals surface area contributed by atoms with Gasteiger partial charge in [-0.1, -0.05) is 40.0 Å². The Balaban J connectivity index is 4.01. The van der Waals surface area contributed by atoms with Gasteiger partial charge in [0.25, 0.3) is 0 Å². The van der Waals surface area contributed by atoms with Gasteiger partial charge in [-0.3, -0.25) is 4.79 Å². The van der Waals surface area contributed by atoms with E-state index in [1.54, 1.807) is 0 Å². The van der Waals surface area contributed by atoms with Crippen LogP contribution >= 0.6 is 0 Å². The lowest BCUT2D eigenvalue weighted by atomic mass is 9.84. The monoisotopic (exact) mass is 172 g/mol. The summed E-state index contributed by atoms with van der Waals surface area (Å²) in [7, 11) is 0. The molecule has 1 N–H and O–H groups in total. The number of rotatable bonds is 6. The van der Waals surface area contributed by atoms with E-state index in [0.29, 0.717) is 18.3 Å². The molecule has 1 unspecified atom stereocenters. The predicted molar refractivity (Wildman–Crippen MR) is 50.1 cm³/mol. The number of carbonyl (C=O) groups is 1. The van der Waals surface area contributed by atoms with E-state index in [4.69, 9.17) is 5.11 Å². The van der Waals surface area contributed by atoms with Gasteiger partial charge in [0.05, 0.1) is 0 Å². The van der Waals surface area contributed by atoms with E-state index in [0.717, 1.165) is 19.3 Å². The standard InChI is InChI=1S/C10H20O2/c1-4-8(5-2)9(6-3)7-10(11)12/h8-9H,4-7H2,1-3H3,(H,11,12). The van der Waals surface area contributed by atoms with Crippen molar-refractivity contribution in [3.05, 3.63) is 0 Å². The van der Waals surface area contributed by atoms with Crippen molar-refractivity contribution in [1.29, 1.82) is 0 Å². The molecule has 0 rings (SSSR count). The molecule has 0 saturated carbocycles. The van der Waals surface area contributed by atoms with Gasteiger partial charge in [0, 0.05) is 6.42 Å². The van der Waals surface area contributed by atoms with Crippen LogP contribution in [-0.4, -0.2) is 11.1 Å². The Hall–Kier alpha value is -0.530. The molecule has 2 nitrogen and oxygen atoms in total. The second-order valence-corrected chi connectivity index (χ2v) is 3.34. The second kappa shape index (κ2) is 6.04. The number of hydrogen-bond acceptors (Lipinski definition) is 1. The summed E-state index contributed by atoms with van der Waals surface area (Å²) in [4.78, 5) is 10.5. The molecule has 0 aromatic rings. The molecule has 0 aliphatic carbocycles. The zero-order valence-corrected chi connectivity index (χ0v) is 8.34. The van der Waals surface area contributed by atoms with Crippen LogP contribution in [-0.2, 0) is 4.79 Å². The van der Waals surface area contributed by atoms with Gasteiger partial charge in [0.15, 0.2) is 0 Å². The van der Waals surface area contributed by atoms with Crippen LogP contribution in [0.2, 0.25) is 0 Å². The van der Waals surface area contributed by atoms with Crippen LogP contribution in [0.4, 0.5) is 0 Å². The summed E-state index contributed by atoms with van der Waals surface area (Å²) in [5.41, 5.74) is 0. The Morgan fingerprint density at radius 3 is 1.75 bits per heavy atom. The summed E-state index contributed by atoms with van der Waals surface area (Å²) in [6, 6.07) is 0. The van der Waals surface area contributed by atoms with Gasteiger partial charge < -0.3 is 5.11 Å². The minimum Gasteiger partial charge on any atom is -0.481 e. The molecule has 0 bridgehead atoms. The van der Waals surface area contributed by atoms with Crippen molar-refractivity contribution in [2.45, 2.75) is 46.5 Å². The third-order valence-electron chi connectivity index (χ3n) is 2.68. The summed E-state index contributed by atoms with van der Waals surface area (Å²) < 4.78 is 0. The van der Waals surface area contributed by atoms with Crippen molar-refractivity contribution in [2.75, 3.05) is 0 Å². The Kier molecular flexibility index (Phi) is 5.77. The second-order valence-electron chi connectivity index (χ2n) is 3.34. The number of carboxylic acid groups (broad SMARTS) is 1. The zero-order valence-electron chi connectivity index (χ0n) is 8.34. The highest BCUT2D eigenvalue weighted by atomic mass is 16.4. The molecule has 0 aliphatic rings. The molecular formula is C10H20O2. The topological polar surface area (TPSA) is 37.3 Å². The third-order valence-corrected chi connectivity index (χ3v) is 2.68. The van der Waals surface area contributed by atoms with Crippen molar-refractivity contribution in [2.24, 2.45) is 11.8 Å². The minimum atomic E-state index is -0.659. The van der Waals surface area contributed by atoms with Gasteiger partial charge in [-0.25, -0.2) is 0 Å². The Morgan fingerprint density at radius 2 is 1.50 bits per heavy atom. The smallest absolute Gasteiger partial charge is 0.303 e. The molecule has 0 radical (unpaired) electrons. The third kappa shape index (κ3) is 3.74. The molecule has 0 spiro atoms. The highest BCUT2D eigenvalue weighted by Crippen LogP contribution is 2.25. The van der Waals surface area contributed by atoms with Gasteiger partial charge in [-0.15, -0.1) is 0 Å². The first-order chi connectivity index (χ1) is 5.65. The summed E-state index contributed by atoms with van der Waals surface area (Å²) in [5.74, 6) is 0.303. The number of aliphatic carboxylic acids is 1. The molecule has 72 valence electrons. The maximum absolute atomic E-state index is 10.5. The van der Waals surface area contributed by atoms with Gasteiger partial charge in [0.1, 0.15) is 0 Å². The van der Waals surface area contributed by atoms with Crippen molar-refractivity contribution < 1.29 is 9.90 Å². The summed E-state index contributed by atoms with van der Waals surface area (Å²) in [5, 5.41) is 8.65. The number of carboxylic acids is 1. The van der Waals surface area contributed by atoms with E-state index in [1.165, 1.54) is 0 Å². The van der Waals surface area contributed by atoms with Crippen LogP contribution in [0.15, 0.2) is 0 Å². The summed E-state index contributed by atoms with van der Waals surface area (Å²) in [6.45, 7) is 6.35. The molecule has 0 saturated heterocycles. The van der Waals surface area contributed by atoms with Crippen molar-refractivity contribution >= 4 is 5.97 Å². The van der Waals surface area contributed by atoms with Gasteiger partial charge in [0.2, 0.25) is 0 Å². The molecule has 0 aromatic carbocycles. The van der Waals surface area contributed by atoms with Gasteiger partial charge in [-0.05, 0) is 11.8 Å². The molecular weight excluding hydrogens is 152 g/mol. The first kappa shape index (κ1) is 11.5. The van der Waals surface area contributed by atoms with Crippen molar-refractivity contribution in [3.63, 3.8) is 0 Å². The fourth-order valence-corrected chi connectivity index (χ4v) is 1.82.